The van der Waals surface area contributed by atoms with E-state index in [1.165, 1.54) is 12.8 Å². The average molecular weight is 276 g/mol. The molecule has 0 spiro atoms. The number of nitrogens with one attached hydrogen (secondary N) is 2. The number of amides is 2. The Labute approximate surface area is 118 Å². The van der Waals surface area contributed by atoms with Crippen LogP contribution in [0, 0.1) is 18.8 Å². The maximum atomic E-state index is 11.8. The number of benzene rings is 1. The Kier molecular flexibility index (Phi) is 4.27. The Morgan fingerprint density at radius 3 is 2.70 bits per heavy atom. The van der Waals surface area contributed by atoms with E-state index in [9.17, 15) is 14.7 Å². The van der Waals surface area contributed by atoms with E-state index >= 15 is 0 Å². The van der Waals surface area contributed by atoms with Crippen LogP contribution in [0.2, 0.25) is 0 Å². The van der Waals surface area contributed by atoms with Gasteiger partial charge in [0, 0.05) is 6.54 Å². The van der Waals surface area contributed by atoms with E-state index in [-0.39, 0.29) is 11.6 Å². The number of aromatic carboxylic acids is 1. The molecule has 1 atom stereocenters. The summed E-state index contributed by atoms with van der Waals surface area (Å²) in [6, 6.07) is 4.68. The Hall–Kier alpha value is -2.04. The minimum absolute atomic E-state index is 0.137. The molecule has 2 amide bonds. The zero-order valence-electron chi connectivity index (χ0n) is 11.8. The van der Waals surface area contributed by atoms with Crippen LogP contribution in [0.4, 0.5) is 10.5 Å². The second kappa shape index (κ2) is 5.94. The molecule has 0 aromatic heterocycles. The van der Waals surface area contributed by atoms with Crippen LogP contribution < -0.4 is 10.6 Å². The Balaban J connectivity index is 1.96. The molecule has 20 heavy (non-hydrogen) atoms. The van der Waals surface area contributed by atoms with Gasteiger partial charge < -0.3 is 15.7 Å². The zero-order valence-corrected chi connectivity index (χ0v) is 11.8. The van der Waals surface area contributed by atoms with Crippen LogP contribution in [0.25, 0.3) is 0 Å². The summed E-state index contributed by atoms with van der Waals surface area (Å²) in [4.78, 5) is 23.0. The van der Waals surface area contributed by atoms with Gasteiger partial charge in [-0.25, -0.2) is 9.59 Å². The molecule has 1 aromatic carbocycles. The highest BCUT2D eigenvalue weighted by Crippen LogP contribution is 2.36. The summed E-state index contributed by atoms with van der Waals surface area (Å²) in [6.07, 6.45) is 2.48. The predicted molar refractivity (Wildman–Crippen MR) is 77.0 cm³/mol. The predicted octanol–water partition coefficient (Wildman–Crippen LogP) is 2.86. The van der Waals surface area contributed by atoms with Gasteiger partial charge in [-0.1, -0.05) is 19.1 Å². The number of urea groups is 1. The van der Waals surface area contributed by atoms with Crippen molar-refractivity contribution in [3.63, 3.8) is 0 Å². The van der Waals surface area contributed by atoms with E-state index in [2.05, 4.69) is 17.6 Å². The third-order valence-corrected chi connectivity index (χ3v) is 3.75. The third-order valence-electron chi connectivity index (χ3n) is 3.75. The number of hydrogen-bond donors (Lipinski definition) is 3. The first-order valence-electron chi connectivity index (χ1n) is 6.86. The van der Waals surface area contributed by atoms with Crippen molar-refractivity contribution in [1.82, 2.24) is 5.32 Å². The zero-order chi connectivity index (χ0) is 14.7. The van der Waals surface area contributed by atoms with Crippen molar-refractivity contribution in [2.24, 2.45) is 11.8 Å². The normalized spacial score (nSPS) is 15.5. The Morgan fingerprint density at radius 2 is 2.10 bits per heavy atom. The smallest absolute Gasteiger partial charge is 0.338 e. The van der Waals surface area contributed by atoms with Crippen LogP contribution in [0.3, 0.4) is 0 Å². The molecule has 0 radical (unpaired) electrons. The molecule has 1 saturated carbocycles. The van der Waals surface area contributed by atoms with Crippen LogP contribution in [-0.4, -0.2) is 23.7 Å². The lowest BCUT2D eigenvalue weighted by atomic mass is 10.1. The van der Waals surface area contributed by atoms with E-state index in [4.69, 9.17) is 0 Å². The molecule has 1 unspecified atom stereocenters. The van der Waals surface area contributed by atoms with Crippen LogP contribution >= 0.6 is 0 Å². The largest absolute Gasteiger partial charge is 0.478 e. The van der Waals surface area contributed by atoms with Gasteiger partial charge in [-0.3, -0.25) is 0 Å². The van der Waals surface area contributed by atoms with Crippen LogP contribution in [0.15, 0.2) is 18.2 Å². The minimum atomic E-state index is -1.04. The van der Waals surface area contributed by atoms with Crippen LogP contribution in [0.5, 0.6) is 0 Å². The lowest BCUT2D eigenvalue weighted by Crippen LogP contribution is -2.33. The van der Waals surface area contributed by atoms with Crippen molar-refractivity contribution in [3.05, 3.63) is 29.3 Å². The quantitative estimate of drug-likeness (QED) is 0.773. The highest BCUT2D eigenvalue weighted by Gasteiger charge is 2.27. The summed E-state index contributed by atoms with van der Waals surface area (Å²) in [5.74, 6) is 0.158. The molecule has 0 bridgehead atoms. The molecular formula is C15H20N2O3. The van der Waals surface area contributed by atoms with Crippen molar-refractivity contribution < 1.29 is 14.7 Å². The number of carboxylic acids is 1. The van der Waals surface area contributed by atoms with E-state index in [0.29, 0.717) is 23.7 Å². The molecular weight excluding hydrogens is 256 g/mol. The number of carboxylic acid groups (broad SMARTS) is 1. The van der Waals surface area contributed by atoms with E-state index in [0.717, 1.165) is 5.92 Å². The van der Waals surface area contributed by atoms with Gasteiger partial charge in [0.25, 0.3) is 0 Å². The molecule has 5 nitrogen and oxygen atoms in total. The van der Waals surface area contributed by atoms with Crippen molar-refractivity contribution in [2.45, 2.75) is 26.7 Å². The summed E-state index contributed by atoms with van der Waals surface area (Å²) >= 11 is 0. The molecule has 5 heteroatoms. The number of carbonyl (C=O) groups excluding carboxylic acids is 1. The van der Waals surface area contributed by atoms with Crippen molar-refractivity contribution in [1.29, 1.82) is 0 Å². The van der Waals surface area contributed by atoms with Crippen molar-refractivity contribution >= 4 is 17.7 Å². The molecule has 1 aromatic rings. The third kappa shape index (κ3) is 3.50. The van der Waals surface area contributed by atoms with Crippen molar-refractivity contribution in [3.8, 4) is 0 Å². The second-order valence-electron chi connectivity index (χ2n) is 5.45. The highest BCUT2D eigenvalue weighted by molar-refractivity contribution is 6.01. The maximum absolute atomic E-state index is 11.8. The van der Waals surface area contributed by atoms with Gasteiger partial charge in [0.05, 0.1) is 11.3 Å². The van der Waals surface area contributed by atoms with Crippen molar-refractivity contribution in [2.75, 3.05) is 11.9 Å². The Morgan fingerprint density at radius 1 is 1.40 bits per heavy atom. The van der Waals surface area contributed by atoms with Gasteiger partial charge in [-0.15, -0.1) is 0 Å². The molecule has 3 N–H and O–H groups in total. The lowest BCUT2D eigenvalue weighted by Gasteiger charge is -2.14. The molecule has 2 rings (SSSR count). The topological polar surface area (TPSA) is 78.4 Å². The van der Waals surface area contributed by atoms with Gasteiger partial charge in [0.1, 0.15) is 0 Å². The standard InChI is InChI=1S/C15H20N2O3/c1-9-4-3-5-12(13(9)14(18)19)17-15(20)16-8-10(2)11-6-7-11/h3-5,10-11H,6-8H2,1-2H3,(H,18,19)(H2,16,17,20). The second-order valence-corrected chi connectivity index (χ2v) is 5.45. The van der Waals surface area contributed by atoms with E-state index in [1.807, 2.05) is 0 Å². The van der Waals surface area contributed by atoms with Gasteiger partial charge in [0.2, 0.25) is 0 Å². The van der Waals surface area contributed by atoms with Gasteiger partial charge in [-0.05, 0) is 43.2 Å². The summed E-state index contributed by atoms with van der Waals surface area (Å²) in [5, 5.41) is 14.6. The SMILES string of the molecule is Cc1cccc(NC(=O)NCC(C)C2CC2)c1C(=O)O. The number of rotatable bonds is 5. The van der Waals surface area contributed by atoms with Gasteiger partial charge in [0.15, 0.2) is 0 Å². The number of aryl methyl sites for hydroxylation is 1. The summed E-state index contributed by atoms with van der Waals surface area (Å²) in [7, 11) is 0. The molecule has 0 aliphatic heterocycles. The molecule has 108 valence electrons. The van der Waals surface area contributed by atoms with Crippen LogP contribution in [-0.2, 0) is 0 Å². The first-order chi connectivity index (χ1) is 9.49. The monoisotopic (exact) mass is 276 g/mol. The van der Waals surface area contributed by atoms with Crippen LogP contribution in [0.1, 0.15) is 35.7 Å². The number of carbonyl (C=O) groups is 2. The van der Waals surface area contributed by atoms with Gasteiger partial charge in [-0.2, -0.15) is 0 Å². The fourth-order valence-electron chi connectivity index (χ4n) is 2.31. The number of anilines is 1. The Bertz CT molecular complexity index is 524. The maximum Gasteiger partial charge on any atom is 0.338 e. The summed E-state index contributed by atoms with van der Waals surface area (Å²) in [6.45, 7) is 4.44. The first kappa shape index (κ1) is 14.4. The first-order valence-corrected chi connectivity index (χ1v) is 6.86. The highest BCUT2D eigenvalue weighted by atomic mass is 16.4. The van der Waals surface area contributed by atoms with E-state index < -0.39 is 5.97 Å². The molecule has 1 aliphatic rings. The molecule has 1 aliphatic carbocycles. The minimum Gasteiger partial charge on any atom is -0.478 e. The van der Waals surface area contributed by atoms with E-state index in [1.54, 1.807) is 25.1 Å². The molecule has 0 heterocycles. The molecule has 1 fully saturated rings. The molecule has 0 saturated heterocycles. The lowest BCUT2D eigenvalue weighted by molar-refractivity contribution is 0.0697. The number of hydrogen-bond acceptors (Lipinski definition) is 2. The summed E-state index contributed by atoms with van der Waals surface area (Å²) in [5.41, 5.74) is 1.09. The fourth-order valence-corrected chi connectivity index (χ4v) is 2.31. The summed E-state index contributed by atoms with van der Waals surface area (Å²) < 4.78 is 0. The fraction of sp³-hybridized carbons (Fsp3) is 0.467. The average Bonchev–Trinajstić information content (AvgIpc) is 3.19. The van der Waals surface area contributed by atoms with Gasteiger partial charge >= 0.3 is 12.0 Å².